The molecule has 3 aromatic rings. The molecule has 2 aromatic carbocycles. The Morgan fingerprint density at radius 1 is 1.00 bits per heavy atom. The molecule has 0 aliphatic rings. The lowest BCUT2D eigenvalue weighted by Gasteiger charge is -2.08. The summed E-state index contributed by atoms with van der Waals surface area (Å²) in [4.78, 5) is 11.3. The number of aryl methyl sites for hydroxylation is 1. The molecule has 27 heavy (non-hydrogen) atoms. The largest absolute Gasteiger partial charge is 0.489 e. The Kier molecular flexibility index (Phi) is 6.91. The first-order valence-electron chi connectivity index (χ1n) is 9.67. The number of benzene rings is 2. The lowest BCUT2D eigenvalue weighted by Crippen LogP contribution is -2.03. The molecule has 0 atom stereocenters. The Balaban J connectivity index is 1.49. The third-order valence-electron chi connectivity index (χ3n) is 4.58. The van der Waals surface area contributed by atoms with Crippen LogP contribution in [0.4, 0.5) is 0 Å². The van der Waals surface area contributed by atoms with Crippen molar-refractivity contribution in [2.24, 2.45) is 0 Å². The van der Waals surface area contributed by atoms with E-state index in [1.54, 1.807) is 0 Å². The van der Waals surface area contributed by atoms with Crippen LogP contribution < -0.4 is 4.74 Å². The van der Waals surface area contributed by atoms with Gasteiger partial charge in [0.05, 0.1) is 6.61 Å². The summed E-state index contributed by atoms with van der Waals surface area (Å²) in [6.45, 7) is 3.84. The minimum atomic E-state index is -0.0908. The van der Waals surface area contributed by atoms with Gasteiger partial charge in [0.25, 0.3) is 0 Å². The van der Waals surface area contributed by atoms with Crippen molar-refractivity contribution in [3.63, 3.8) is 0 Å². The van der Waals surface area contributed by atoms with Crippen molar-refractivity contribution in [3.05, 3.63) is 66.4 Å². The van der Waals surface area contributed by atoms with Gasteiger partial charge in [0, 0.05) is 30.1 Å². The average molecular weight is 365 g/mol. The van der Waals surface area contributed by atoms with E-state index in [2.05, 4.69) is 41.1 Å². The molecule has 4 heteroatoms. The summed E-state index contributed by atoms with van der Waals surface area (Å²) in [5.74, 6) is 0.797. The number of hydrogen-bond acceptors (Lipinski definition) is 3. The topological polar surface area (TPSA) is 40.5 Å². The number of carbonyl (C=O) groups excluding carboxylic acids is 1. The van der Waals surface area contributed by atoms with E-state index in [9.17, 15) is 4.79 Å². The van der Waals surface area contributed by atoms with Gasteiger partial charge in [-0.2, -0.15) is 0 Å². The minimum absolute atomic E-state index is 0.0908. The highest BCUT2D eigenvalue weighted by Crippen LogP contribution is 2.23. The molecule has 0 fully saturated rings. The normalized spacial score (nSPS) is 10.9. The van der Waals surface area contributed by atoms with Crippen LogP contribution >= 0.6 is 0 Å². The van der Waals surface area contributed by atoms with Crippen LogP contribution in [0.5, 0.6) is 5.75 Å². The first-order valence-corrected chi connectivity index (χ1v) is 9.67. The average Bonchev–Trinajstić information content (AvgIpc) is 3.09. The Labute approximate surface area is 160 Å². The van der Waals surface area contributed by atoms with E-state index in [1.807, 2.05) is 31.2 Å². The van der Waals surface area contributed by atoms with Crippen LogP contribution in [-0.4, -0.2) is 17.1 Å². The van der Waals surface area contributed by atoms with Gasteiger partial charge < -0.3 is 14.0 Å². The number of ether oxygens (including phenoxy) is 2. The molecular weight excluding hydrogens is 338 g/mol. The molecule has 0 aliphatic carbocycles. The molecule has 0 saturated carbocycles. The molecule has 0 amide bonds. The molecule has 0 aliphatic heterocycles. The molecule has 1 heterocycles. The molecule has 3 rings (SSSR count). The number of unbranched alkanes of at least 4 members (excludes halogenated alkanes) is 2. The predicted molar refractivity (Wildman–Crippen MR) is 108 cm³/mol. The van der Waals surface area contributed by atoms with E-state index in [1.165, 1.54) is 10.9 Å². The highest BCUT2D eigenvalue weighted by Gasteiger charge is 2.05. The summed E-state index contributed by atoms with van der Waals surface area (Å²) in [6.07, 6.45) is 5.60. The van der Waals surface area contributed by atoms with E-state index in [0.29, 0.717) is 19.6 Å². The van der Waals surface area contributed by atoms with Gasteiger partial charge in [0.2, 0.25) is 0 Å². The SMILES string of the molecule is CCOC(=O)CCCCCn1ccc2cc(OCc3ccccc3)ccc21. The van der Waals surface area contributed by atoms with Crippen LogP contribution in [0.25, 0.3) is 10.9 Å². The second kappa shape index (κ2) is 9.81. The Morgan fingerprint density at radius 3 is 2.67 bits per heavy atom. The van der Waals surface area contributed by atoms with Crippen LogP contribution in [-0.2, 0) is 22.7 Å². The Hall–Kier alpha value is -2.75. The van der Waals surface area contributed by atoms with Crippen molar-refractivity contribution in [1.82, 2.24) is 4.57 Å². The fourth-order valence-corrected chi connectivity index (χ4v) is 3.17. The maximum atomic E-state index is 11.3. The van der Waals surface area contributed by atoms with Gasteiger partial charge in [0.1, 0.15) is 12.4 Å². The number of rotatable bonds is 10. The van der Waals surface area contributed by atoms with Gasteiger partial charge in [-0.1, -0.05) is 36.8 Å². The van der Waals surface area contributed by atoms with Crippen LogP contribution in [0, 0.1) is 0 Å². The van der Waals surface area contributed by atoms with Gasteiger partial charge in [-0.25, -0.2) is 0 Å². The van der Waals surface area contributed by atoms with Gasteiger partial charge >= 0.3 is 5.97 Å². The molecule has 142 valence electrons. The number of hydrogen-bond donors (Lipinski definition) is 0. The smallest absolute Gasteiger partial charge is 0.305 e. The first-order chi connectivity index (χ1) is 13.3. The van der Waals surface area contributed by atoms with Gasteiger partial charge in [0.15, 0.2) is 0 Å². The number of esters is 1. The van der Waals surface area contributed by atoms with Crippen molar-refractivity contribution in [3.8, 4) is 5.75 Å². The molecule has 0 unspecified atom stereocenters. The minimum Gasteiger partial charge on any atom is -0.489 e. The van der Waals surface area contributed by atoms with Crippen molar-refractivity contribution in [2.75, 3.05) is 6.61 Å². The zero-order valence-corrected chi connectivity index (χ0v) is 15.9. The number of aromatic nitrogens is 1. The van der Waals surface area contributed by atoms with Gasteiger partial charge in [-0.3, -0.25) is 4.79 Å². The van der Waals surface area contributed by atoms with Crippen molar-refractivity contribution < 1.29 is 14.3 Å². The maximum Gasteiger partial charge on any atom is 0.305 e. The van der Waals surface area contributed by atoms with E-state index in [0.717, 1.165) is 37.1 Å². The maximum absolute atomic E-state index is 11.3. The zero-order chi connectivity index (χ0) is 18.9. The lowest BCUT2D eigenvalue weighted by atomic mass is 10.2. The summed E-state index contributed by atoms with van der Waals surface area (Å²) < 4.78 is 13.1. The quantitative estimate of drug-likeness (QED) is 0.359. The first kappa shape index (κ1) is 19.0. The van der Waals surface area contributed by atoms with E-state index in [-0.39, 0.29) is 5.97 Å². The third kappa shape index (κ3) is 5.61. The molecule has 1 aromatic heterocycles. The molecular formula is C23H27NO3. The zero-order valence-electron chi connectivity index (χ0n) is 15.9. The molecule has 0 radical (unpaired) electrons. The van der Waals surface area contributed by atoms with Gasteiger partial charge in [-0.05, 0) is 49.6 Å². The van der Waals surface area contributed by atoms with Crippen molar-refractivity contribution >= 4 is 16.9 Å². The lowest BCUT2D eigenvalue weighted by molar-refractivity contribution is -0.143. The van der Waals surface area contributed by atoms with E-state index >= 15 is 0 Å². The number of nitrogens with zero attached hydrogens (tertiary/aromatic N) is 1. The van der Waals surface area contributed by atoms with Crippen LogP contribution in [0.2, 0.25) is 0 Å². The summed E-state index contributed by atoms with van der Waals surface area (Å²) in [6, 6.07) is 18.6. The monoisotopic (exact) mass is 365 g/mol. The van der Waals surface area contributed by atoms with E-state index in [4.69, 9.17) is 9.47 Å². The van der Waals surface area contributed by atoms with Crippen molar-refractivity contribution in [2.45, 2.75) is 45.8 Å². The second-order valence-corrected chi connectivity index (χ2v) is 6.62. The van der Waals surface area contributed by atoms with Crippen LogP contribution in [0.15, 0.2) is 60.8 Å². The number of fused-ring (bicyclic) bond motifs is 1. The summed E-state index contributed by atoms with van der Waals surface area (Å²) in [5.41, 5.74) is 2.38. The molecule has 0 N–H and O–H groups in total. The molecule has 0 bridgehead atoms. The fraction of sp³-hybridized carbons (Fsp3) is 0.348. The standard InChI is InChI=1S/C23H27NO3/c1-2-26-23(25)11-7-4-8-15-24-16-14-20-17-21(12-13-22(20)24)27-18-19-9-5-3-6-10-19/h3,5-6,9-10,12-14,16-17H,2,4,7-8,11,15,18H2,1H3. The molecule has 0 spiro atoms. The van der Waals surface area contributed by atoms with Crippen LogP contribution in [0.3, 0.4) is 0 Å². The molecule has 4 nitrogen and oxygen atoms in total. The summed E-state index contributed by atoms with van der Waals surface area (Å²) >= 11 is 0. The Bertz CT molecular complexity index is 854. The molecule has 0 saturated heterocycles. The predicted octanol–water partition coefficient (Wildman–Crippen LogP) is 5.34. The van der Waals surface area contributed by atoms with Crippen LogP contribution in [0.1, 0.15) is 38.2 Å². The summed E-state index contributed by atoms with van der Waals surface area (Å²) in [5, 5.41) is 1.19. The fourth-order valence-electron chi connectivity index (χ4n) is 3.17. The second-order valence-electron chi connectivity index (χ2n) is 6.62. The highest BCUT2D eigenvalue weighted by atomic mass is 16.5. The van der Waals surface area contributed by atoms with Crippen molar-refractivity contribution in [1.29, 1.82) is 0 Å². The summed E-state index contributed by atoms with van der Waals surface area (Å²) in [7, 11) is 0. The number of carbonyl (C=O) groups is 1. The highest BCUT2D eigenvalue weighted by molar-refractivity contribution is 5.81. The van der Waals surface area contributed by atoms with E-state index < -0.39 is 0 Å². The Morgan fingerprint density at radius 2 is 1.85 bits per heavy atom. The van der Waals surface area contributed by atoms with Gasteiger partial charge in [-0.15, -0.1) is 0 Å². The third-order valence-corrected chi connectivity index (χ3v) is 4.58.